The third-order valence-electron chi connectivity index (χ3n) is 8.86. The van der Waals surface area contributed by atoms with Crippen molar-refractivity contribution in [3.63, 3.8) is 0 Å². The molecule has 13 heteroatoms. The molecule has 2 aromatic carbocycles. The maximum Gasteiger partial charge on any atom is 0.384 e. The summed E-state index contributed by atoms with van der Waals surface area (Å²) in [6.45, 7) is 1.15. The van der Waals surface area contributed by atoms with Gasteiger partial charge in [0.2, 0.25) is 0 Å². The number of sulfonamides is 1. The fraction of sp³-hybridized carbons (Fsp3) is 0.455. The Morgan fingerprint density at radius 2 is 1.80 bits per heavy atom. The molecule has 0 spiro atoms. The highest BCUT2D eigenvalue weighted by Crippen LogP contribution is 2.33. The molecule has 46 heavy (non-hydrogen) atoms. The van der Waals surface area contributed by atoms with Gasteiger partial charge in [-0.05, 0) is 96.0 Å². The number of aromatic nitrogens is 5. The first-order valence-corrected chi connectivity index (χ1v) is 17.6. The lowest BCUT2D eigenvalue weighted by Gasteiger charge is -2.30. The number of tetrazole rings is 1. The molecule has 1 N–H and O–H groups in total. The molecule has 2 aromatic heterocycles. The Balaban J connectivity index is 1.19. The quantitative estimate of drug-likeness (QED) is 0.208. The number of nitrogens with zero attached hydrogens (tertiary/aromatic N) is 7. The van der Waals surface area contributed by atoms with E-state index in [4.69, 9.17) is 4.74 Å². The predicted octanol–water partition coefficient (Wildman–Crippen LogP) is 4.48. The Labute approximate surface area is 269 Å². The largest absolute Gasteiger partial charge is 0.489 e. The number of hydroxylamine groups is 2. The summed E-state index contributed by atoms with van der Waals surface area (Å²) >= 11 is 0. The average Bonchev–Trinajstić information content (AvgIpc) is 3.44. The maximum absolute atomic E-state index is 14.0. The summed E-state index contributed by atoms with van der Waals surface area (Å²) in [5.41, 5.74) is 1.47. The van der Waals surface area contributed by atoms with E-state index in [1.54, 1.807) is 48.8 Å². The van der Waals surface area contributed by atoms with Gasteiger partial charge < -0.3 is 9.94 Å². The van der Waals surface area contributed by atoms with Gasteiger partial charge in [0, 0.05) is 25.5 Å². The first kappa shape index (κ1) is 31.9. The zero-order valence-corrected chi connectivity index (χ0v) is 26.7. The molecule has 0 saturated heterocycles. The summed E-state index contributed by atoms with van der Waals surface area (Å²) < 4.78 is 36.5. The Kier molecular flexibility index (Phi) is 10.1. The smallest absolute Gasteiger partial charge is 0.384 e. The van der Waals surface area contributed by atoms with Crippen LogP contribution < -0.4 is 14.8 Å². The van der Waals surface area contributed by atoms with Gasteiger partial charge >= 0.3 is 5.69 Å². The SMILES string of the molecule is O=c1n(CCCC2CCCCC2)nnn1N(c1ccc2c(c1)CC[C@@H](CN(O)CCc1cccnc1)O2)S(=O)(=O)c1ccccc1. The van der Waals surface area contributed by atoms with Crippen LogP contribution in [0.3, 0.4) is 0 Å². The molecule has 12 nitrogen and oxygen atoms in total. The normalized spacial score (nSPS) is 17.0. The Hall–Kier alpha value is -4.07. The summed E-state index contributed by atoms with van der Waals surface area (Å²) in [4.78, 5) is 18.5. The number of anilines is 1. The van der Waals surface area contributed by atoms with Gasteiger partial charge in [-0.2, -0.15) is 18.2 Å². The van der Waals surface area contributed by atoms with Gasteiger partial charge in [-0.15, -0.1) is 4.41 Å². The van der Waals surface area contributed by atoms with Crippen molar-refractivity contribution in [2.75, 3.05) is 17.5 Å². The number of hydrogen-bond donors (Lipinski definition) is 1. The molecule has 1 fully saturated rings. The minimum absolute atomic E-state index is 0.0251. The molecule has 1 aliphatic heterocycles. The highest BCUT2D eigenvalue weighted by atomic mass is 32.2. The second kappa shape index (κ2) is 14.6. The minimum atomic E-state index is -4.24. The van der Waals surface area contributed by atoms with Crippen LogP contribution in [0.2, 0.25) is 0 Å². The number of rotatable bonds is 13. The van der Waals surface area contributed by atoms with Crippen molar-refractivity contribution < 1.29 is 18.4 Å². The van der Waals surface area contributed by atoms with E-state index in [0.717, 1.165) is 33.2 Å². The summed E-state index contributed by atoms with van der Waals surface area (Å²) in [7, 11) is -4.24. The van der Waals surface area contributed by atoms with Crippen molar-refractivity contribution in [2.45, 2.75) is 81.8 Å². The van der Waals surface area contributed by atoms with Gasteiger partial charge in [0.25, 0.3) is 10.0 Å². The van der Waals surface area contributed by atoms with Crippen molar-refractivity contribution in [3.05, 3.63) is 94.7 Å². The summed E-state index contributed by atoms with van der Waals surface area (Å²) in [5, 5.41) is 19.9. The van der Waals surface area contributed by atoms with Crippen molar-refractivity contribution >= 4 is 15.7 Å². The molecule has 4 aromatic rings. The number of benzene rings is 2. The minimum Gasteiger partial charge on any atom is -0.489 e. The lowest BCUT2D eigenvalue weighted by Crippen LogP contribution is -2.44. The molecule has 2 aliphatic rings. The van der Waals surface area contributed by atoms with E-state index < -0.39 is 15.7 Å². The topological polar surface area (TPSA) is 136 Å². The summed E-state index contributed by atoms with van der Waals surface area (Å²) in [5.74, 6) is 1.27. The highest BCUT2D eigenvalue weighted by molar-refractivity contribution is 7.92. The van der Waals surface area contributed by atoms with Gasteiger partial charge in [-0.1, -0.05) is 61.2 Å². The van der Waals surface area contributed by atoms with Crippen molar-refractivity contribution in [3.8, 4) is 5.75 Å². The van der Waals surface area contributed by atoms with Crippen molar-refractivity contribution in [1.29, 1.82) is 0 Å². The van der Waals surface area contributed by atoms with Crippen molar-refractivity contribution in [1.82, 2.24) is 29.9 Å². The number of aryl methyl sites for hydroxylation is 2. The Morgan fingerprint density at radius 3 is 2.59 bits per heavy atom. The molecular weight excluding hydrogens is 606 g/mol. The lowest BCUT2D eigenvalue weighted by atomic mass is 9.86. The zero-order chi connectivity index (χ0) is 31.9. The molecule has 6 rings (SSSR count). The maximum atomic E-state index is 14.0. The second-order valence-corrected chi connectivity index (χ2v) is 13.9. The van der Waals surface area contributed by atoms with Gasteiger partial charge in [0.15, 0.2) is 0 Å². The second-order valence-electron chi connectivity index (χ2n) is 12.2. The van der Waals surface area contributed by atoms with Crippen LogP contribution in [-0.2, 0) is 29.4 Å². The molecule has 0 unspecified atom stereocenters. The molecule has 3 heterocycles. The standard InChI is InChI=1S/C33H41N7O5S/c41-33-38(21-8-12-26-9-3-1-4-10-26)35-36-39(33)40(46(43,44)31-13-5-2-6-14-31)29-16-18-32-28(23-29)15-17-30(45-32)25-37(42)22-19-27-11-7-20-34-24-27/h2,5-7,11,13-14,16,18,20,23-24,26,30,42H,1,3-4,8-10,12,15,17,19,21-22,25H2/t30-/m0/s1. The van der Waals surface area contributed by atoms with E-state index in [2.05, 4.69) is 15.4 Å². The Morgan fingerprint density at radius 1 is 0.978 bits per heavy atom. The first-order valence-electron chi connectivity index (χ1n) is 16.1. The fourth-order valence-corrected chi connectivity index (χ4v) is 7.78. The Bertz CT molecular complexity index is 1740. The van der Waals surface area contributed by atoms with Crippen LogP contribution in [0, 0.1) is 5.92 Å². The number of pyridine rings is 1. The number of hydrogen-bond acceptors (Lipinski definition) is 9. The van der Waals surface area contributed by atoms with Crippen LogP contribution in [0.5, 0.6) is 5.75 Å². The van der Waals surface area contributed by atoms with E-state index in [9.17, 15) is 18.4 Å². The molecule has 1 aliphatic carbocycles. The summed E-state index contributed by atoms with van der Waals surface area (Å²) in [6.07, 6.45) is 13.2. The molecule has 1 atom stereocenters. The van der Waals surface area contributed by atoms with Crippen LogP contribution in [0.1, 0.15) is 62.5 Å². The van der Waals surface area contributed by atoms with Gasteiger partial charge in [-0.25, -0.2) is 4.79 Å². The zero-order valence-electron chi connectivity index (χ0n) is 25.9. The molecule has 0 bridgehead atoms. The van der Waals surface area contributed by atoms with Gasteiger partial charge in [0.1, 0.15) is 11.9 Å². The molecular formula is C33H41N7O5S. The van der Waals surface area contributed by atoms with E-state index in [1.807, 2.05) is 12.1 Å². The monoisotopic (exact) mass is 647 g/mol. The van der Waals surface area contributed by atoms with Crippen LogP contribution in [-0.4, -0.2) is 62.8 Å². The van der Waals surface area contributed by atoms with Crippen LogP contribution in [0.25, 0.3) is 0 Å². The number of fused-ring (bicyclic) bond motifs is 1. The molecule has 0 radical (unpaired) electrons. The molecule has 1 saturated carbocycles. The average molecular weight is 648 g/mol. The van der Waals surface area contributed by atoms with E-state index in [1.165, 1.54) is 54.0 Å². The lowest BCUT2D eigenvalue weighted by molar-refractivity contribution is -0.110. The van der Waals surface area contributed by atoms with E-state index in [0.29, 0.717) is 50.6 Å². The molecule has 0 amide bonds. The van der Waals surface area contributed by atoms with Crippen LogP contribution in [0.15, 0.2) is 82.7 Å². The third kappa shape index (κ3) is 7.48. The van der Waals surface area contributed by atoms with E-state index in [-0.39, 0.29) is 16.7 Å². The number of ether oxygens (including phenoxy) is 1. The highest BCUT2D eigenvalue weighted by Gasteiger charge is 2.32. The fourth-order valence-electron chi connectivity index (χ4n) is 6.38. The summed E-state index contributed by atoms with van der Waals surface area (Å²) in [6, 6.07) is 16.9. The molecule has 244 valence electrons. The van der Waals surface area contributed by atoms with Crippen LogP contribution in [0.4, 0.5) is 5.69 Å². The van der Waals surface area contributed by atoms with Crippen molar-refractivity contribution in [2.24, 2.45) is 5.92 Å². The van der Waals surface area contributed by atoms with Crippen LogP contribution >= 0.6 is 0 Å². The van der Waals surface area contributed by atoms with Gasteiger partial charge in [-0.3, -0.25) is 4.98 Å². The third-order valence-corrected chi connectivity index (χ3v) is 10.6. The van der Waals surface area contributed by atoms with Gasteiger partial charge in [0.05, 0.1) is 17.1 Å². The van der Waals surface area contributed by atoms with E-state index >= 15 is 0 Å². The predicted molar refractivity (Wildman–Crippen MR) is 172 cm³/mol. The first-order chi connectivity index (χ1) is 22.4.